The normalized spacial score (nSPS) is 16.3. The third kappa shape index (κ3) is 5.09. The van der Waals surface area contributed by atoms with Crippen LogP contribution in [0.2, 0.25) is 0 Å². The highest BCUT2D eigenvalue weighted by atomic mass is 19.4. The van der Waals surface area contributed by atoms with Gasteiger partial charge < -0.3 is 5.11 Å². The van der Waals surface area contributed by atoms with Crippen LogP contribution < -0.4 is 0 Å². The maximum atomic E-state index is 13.4. The number of rotatable bonds is 8. The van der Waals surface area contributed by atoms with Gasteiger partial charge in [0.1, 0.15) is 0 Å². The first-order chi connectivity index (χ1) is 13.2. The zero-order valence-electron chi connectivity index (χ0n) is 13.7. The lowest BCUT2D eigenvalue weighted by molar-refractivity contribution is -0.399. The number of carboxylic acid groups (broad SMARTS) is 1. The monoisotopic (exact) mass is 504 g/mol. The second-order valence-corrected chi connectivity index (χ2v) is 5.61. The number of hydrogen-bond donors (Lipinski definition) is 1. The van der Waals surface area contributed by atoms with E-state index in [1.165, 1.54) is 0 Å². The van der Waals surface area contributed by atoms with E-state index in [0.717, 1.165) is 0 Å². The summed E-state index contributed by atoms with van der Waals surface area (Å²) < 4.78 is 218. The molecule has 0 saturated carbocycles. The molecule has 0 aliphatic heterocycles. The molecule has 0 heterocycles. The SMILES string of the molecule is O=C(O)C(=C(F)C(F)(F)C(F)(F)C(F)(F)C(F)(F)C(F)(F)CCC(F)(F)F)C(F)(F)F. The minimum absolute atomic E-state index is 3.03. The molecule has 0 atom stereocenters. The van der Waals surface area contributed by atoms with Crippen LogP contribution in [0, 0.1) is 0 Å². The predicted octanol–water partition coefficient (Wildman–Crippen LogP) is 6.38. The molecule has 184 valence electrons. The summed E-state index contributed by atoms with van der Waals surface area (Å²) in [4.78, 5) is 10.2. The summed E-state index contributed by atoms with van der Waals surface area (Å²) in [5.41, 5.74) is -4.26. The van der Waals surface area contributed by atoms with Gasteiger partial charge in [0, 0.05) is 12.8 Å². The van der Waals surface area contributed by atoms with Gasteiger partial charge in [-0.15, -0.1) is 0 Å². The van der Waals surface area contributed by atoms with Gasteiger partial charge in [-0.1, -0.05) is 0 Å². The highest BCUT2D eigenvalue weighted by Gasteiger charge is 2.87. The third-order valence-electron chi connectivity index (χ3n) is 3.36. The molecule has 19 heteroatoms. The fourth-order valence-electron chi connectivity index (χ4n) is 1.71. The summed E-state index contributed by atoms with van der Waals surface area (Å²) in [6.07, 6.45) is -19.0. The van der Waals surface area contributed by atoms with Crippen molar-refractivity contribution >= 4 is 5.97 Å². The second kappa shape index (κ2) is 7.86. The Morgan fingerprint density at radius 1 is 0.613 bits per heavy atom. The van der Waals surface area contributed by atoms with Crippen molar-refractivity contribution in [3.63, 3.8) is 0 Å². The van der Waals surface area contributed by atoms with E-state index in [1.807, 2.05) is 0 Å². The van der Waals surface area contributed by atoms with E-state index in [2.05, 4.69) is 0 Å². The lowest BCUT2D eigenvalue weighted by Gasteiger charge is -2.39. The number of hydrogen-bond acceptors (Lipinski definition) is 1. The summed E-state index contributed by atoms with van der Waals surface area (Å²) in [6.45, 7) is 0. The van der Waals surface area contributed by atoms with E-state index in [0.29, 0.717) is 0 Å². The minimum atomic E-state index is -8.21. The molecule has 0 amide bonds. The Kier molecular flexibility index (Phi) is 7.36. The van der Waals surface area contributed by atoms with Gasteiger partial charge in [0.25, 0.3) is 0 Å². The van der Waals surface area contributed by atoms with Crippen molar-refractivity contribution in [1.82, 2.24) is 0 Å². The summed E-state index contributed by atoms with van der Waals surface area (Å²) in [5.74, 6) is -47.6. The molecule has 0 bridgehead atoms. The van der Waals surface area contributed by atoms with E-state index in [4.69, 9.17) is 5.11 Å². The van der Waals surface area contributed by atoms with Crippen LogP contribution in [-0.4, -0.2) is 53.0 Å². The Bertz CT molecular complexity index is 712. The van der Waals surface area contributed by atoms with E-state index in [9.17, 15) is 79.4 Å². The average Bonchev–Trinajstić information content (AvgIpc) is 2.49. The van der Waals surface area contributed by atoms with Crippen molar-refractivity contribution in [2.75, 3.05) is 0 Å². The number of alkyl halides is 16. The predicted molar refractivity (Wildman–Crippen MR) is 61.8 cm³/mol. The lowest BCUT2D eigenvalue weighted by Crippen LogP contribution is -2.67. The quantitative estimate of drug-likeness (QED) is 0.308. The molecule has 0 unspecified atom stereocenters. The Balaban J connectivity index is 6.65. The van der Waals surface area contributed by atoms with Crippen LogP contribution >= 0.6 is 0 Å². The molecule has 0 aliphatic rings. The van der Waals surface area contributed by atoms with Crippen molar-refractivity contribution in [3.8, 4) is 0 Å². The van der Waals surface area contributed by atoms with Gasteiger partial charge >= 0.3 is 47.9 Å². The van der Waals surface area contributed by atoms with Crippen LogP contribution in [0.3, 0.4) is 0 Å². The topological polar surface area (TPSA) is 37.3 Å². The molecule has 0 aliphatic carbocycles. The average molecular weight is 504 g/mol. The van der Waals surface area contributed by atoms with Crippen molar-refractivity contribution in [2.24, 2.45) is 0 Å². The second-order valence-electron chi connectivity index (χ2n) is 5.61. The molecule has 2 nitrogen and oxygen atoms in total. The molecule has 0 aromatic rings. The number of halogens is 17. The summed E-state index contributed by atoms with van der Waals surface area (Å²) >= 11 is 0. The highest BCUT2D eigenvalue weighted by Crippen LogP contribution is 2.60. The first kappa shape index (κ1) is 29.0. The van der Waals surface area contributed by atoms with E-state index in [1.54, 1.807) is 0 Å². The van der Waals surface area contributed by atoms with Gasteiger partial charge in [0.05, 0.1) is 0 Å². The zero-order valence-corrected chi connectivity index (χ0v) is 13.7. The highest BCUT2D eigenvalue weighted by molar-refractivity contribution is 5.89. The van der Waals surface area contributed by atoms with Crippen LogP contribution in [0.1, 0.15) is 12.8 Å². The largest absolute Gasteiger partial charge is 0.478 e. The third-order valence-corrected chi connectivity index (χ3v) is 3.36. The number of carboxylic acids is 1. The van der Waals surface area contributed by atoms with Crippen LogP contribution in [0.25, 0.3) is 0 Å². The zero-order chi connectivity index (χ0) is 25.6. The van der Waals surface area contributed by atoms with Gasteiger partial charge in [-0.2, -0.15) is 70.2 Å². The standard InChI is InChI=1S/C12H5F17O2/c13-4(3(5(30)31)9(21,22)23)8(19,20)11(26,27)12(28,29)10(24,25)6(14,15)1-2-7(16,17)18/h1-2H2,(H,30,31). The number of carbonyl (C=O) groups is 1. The summed E-state index contributed by atoms with van der Waals surface area (Å²) in [5, 5.41) is 7.99. The molecule has 0 spiro atoms. The first-order valence-electron chi connectivity index (χ1n) is 6.85. The Morgan fingerprint density at radius 2 is 1.00 bits per heavy atom. The molecule has 0 radical (unpaired) electrons. The van der Waals surface area contributed by atoms with Crippen molar-refractivity contribution < 1.29 is 84.5 Å². The molecule has 31 heavy (non-hydrogen) atoms. The van der Waals surface area contributed by atoms with Crippen LogP contribution in [0.15, 0.2) is 11.4 Å². The molecule has 0 fully saturated rings. The molecular weight excluding hydrogens is 499 g/mol. The fraction of sp³-hybridized carbons (Fsp3) is 0.750. The van der Waals surface area contributed by atoms with Gasteiger partial charge in [0.15, 0.2) is 11.4 Å². The molecule has 0 aromatic heterocycles. The maximum absolute atomic E-state index is 13.4. The van der Waals surface area contributed by atoms with Crippen molar-refractivity contribution in [2.45, 2.75) is 54.8 Å². The number of allylic oxidation sites excluding steroid dienone is 1. The molecule has 1 N–H and O–H groups in total. The molecule has 0 aromatic carbocycles. The van der Waals surface area contributed by atoms with Crippen molar-refractivity contribution in [3.05, 3.63) is 11.4 Å². The van der Waals surface area contributed by atoms with Gasteiger partial charge in [-0.25, -0.2) is 9.18 Å². The Labute approximate surface area is 158 Å². The van der Waals surface area contributed by atoms with Crippen LogP contribution in [0.5, 0.6) is 0 Å². The van der Waals surface area contributed by atoms with Gasteiger partial charge in [0.2, 0.25) is 0 Å². The minimum Gasteiger partial charge on any atom is -0.478 e. The van der Waals surface area contributed by atoms with Crippen LogP contribution in [-0.2, 0) is 4.79 Å². The van der Waals surface area contributed by atoms with E-state index >= 15 is 0 Å². The van der Waals surface area contributed by atoms with E-state index < -0.39 is 72.2 Å². The van der Waals surface area contributed by atoms with Gasteiger partial charge in [-0.3, -0.25) is 0 Å². The van der Waals surface area contributed by atoms with Crippen molar-refractivity contribution in [1.29, 1.82) is 0 Å². The Morgan fingerprint density at radius 3 is 1.29 bits per heavy atom. The maximum Gasteiger partial charge on any atom is 0.426 e. The van der Waals surface area contributed by atoms with Crippen LogP contribution in [0.4, 0.5) is 74.6 Å². The molecule has 0 saturated heterocycles. The first-order valence-corrected chi connectivity index (χ1v) is 6.85. The number of aliphatic carboxylic acids is 1. The van der Waals surface area contributed by atoms with Gasteiger partial charge in [-0.05, 0) is 0 Å². The lowest BCUT2D eigenvalue weighted by atomic mass is 9.91. The fourth-order valence-corrected chi connectivity index (χ4v) is 1.71. The molecular formula is C12H5F17O2. The Hall–Kier alpha value is -1.98. The van der Waals surface area contributed by atoms with E-state index in [-0.39, 0.29) is 0 Å². The molecule has 0 rings (SSSR count). The smallest absolute Gasteiger partial charge is 0.426 e. The summed E-state index contributed by atoms with van der Waals surface area (Å²) in [6, 6.07) is 0. The summed E-state index contributed by atoms with van der Waals surface area (Å²) in [7, 11) is 0.